The van der Waals surface area contributed by atoms with Gasteiger partial charge in [-0.2, -0.15) is 0 Å². The highest BCUT2D eigenvalue weighted by atomic mass is 32.1. The molecule has 1 fully saturated rings. The van der Waals surface area contributed by atoms with Crippen LogP contribution in [0.1, 0.15) is 20.3 Å². The number of pyridine rings is 1. The molecule has 4 rings (SSSR count). The molecule has 0 bridgehead atoms. The van der Waals surface area contributed by atoms with Crippen LogP contribution in [-0.4, -0.2) is 42.3 Å². The van der Waals surface area contributed by atoms with Crippen molar-refractivity contribution in [2.24, 2.45) is 0 Å². The van der Waals surface area contributed by atoms with Crippen molar-refractivity contribution in [1.29, 1.82) is 0 Å². The molecule has 6 nitrogen and oxygen atoms in total. The molecule has 1 atom stereocenters. The third-order valence-corrected chi connectivity index (χ3v) is 5.24. The minimum absolute atomic E-state index is 0.180. The fraction of sp³-hybridized carbons (Fsp3) is 0.400. The van der Waals surface area contributed by atoms with E-state index in [-0.39, 0.29) is 6.10 Å². The molecule has 1 saturated heterocycles. The molecule has 2 N–H and O–H groups in total. The van der Waals surface area contributed by atoms with E-state index in [2.05, 4.69) is 29.5 Å². The second kappa shape index (κ2) is 7.70. The van der Waals surface area contributed by atoms with Crippen molar-refractivity contribution < 1.29 is 9.47 Å². The summed E-state index contributed by atoms with van der Waals surface area (Å²) in [5.74, 6) is 1.62. The summed E-state index contributed by atoms with van der Waals surface area (Å²) < 4.78 is 11.7. The molecule has 142 valence electrons. The molecule has 0 aliphatic carbocycles. The third kappa shape index (κ3) is 3.99. The maximum absolute atomic E-state index is 6.31. The van der Waals surface area contributed by atoms with E-state index in [4.69, 9.17) is 14.5 Å². The molecule has 7 heteroatoms. The van der Waals surface area contributed by atoms with Gasteiger partial charge in [-0.15, -0.1) is 11.3 Å². The molecule has 1 unspecified atom stereocenters. The Morgan fingerprint density at radius 1 is 1.22 bits per heavy atom. The van der Waals surface area contributed by atoms with Crippen molar-refractivity contribution in [3.8, 4) is 22.9 Å². The monoisotopic (exact) mass is 384 g/mol. The molecule has 1 aromatic carbocycles. The van der Waals surface area contributed by atoms with Gasteiger partial charge in [0.05, 0.1) is 18.3 Å². The van der Waals surface area contributed by atoms with E-state index in [0.29, 0.717) is 6.04 Å². The average Bonchev–Trinajstić information content (AvgIpc) is 3.32. The number of fused-ring (bicyclic) bond motifs is 1. The van der Waals surface area contributed by atoms with Gasteiger partial charge in [0.25, 0.3) is 0 Å². The normalized spacial score (nSPS) is 16.8. The van der Waals surface area contributed by atoms with Crippen LogP contribution in [0.15, 0.2) is 29.6 Å². The van der Waals surface area contributed by atoms with Crippen LogP contribution in [0, 0.1) is 0 Å². The Morgan fingerprint density at radius 3 is 2.85 bits per heavy atom. The first kappa shape index (κ1) is 18.0. The summed E-state index contributed by atoms with van der Waals surface area (Å²) in [4.78, 5) is 9.51. The summed E-state index contributed by atoms with van der Waals surface area (Å²) in [5.41, 5.74) is 2.51. The first-order chi connectivity index (χ1) is 13.1. The van der Waals surface area contributed by atoms with Crippen LogP contribution < -0.4 is 20.1 Å². The van der Waals surface area contributed by atoms with E-state index >= 15 is 0 Å². The van der Waals surface area contributed by atoms with E-state index in [1.54, 1.807) is 18.4 Å². The Hall–Kier alpha value is -2.38. The van der Waals surface area contributed by atoms with Crippen LogP contribution in [0.3, 0.4) is 0 Å². The van der Waals surface area contributed by atoms with Gasteiger partial charge >= 0.3 is 0 Å². The molecule has 27 heavy (non-hydrogen) atoms. The van der Waals surface area contributed by atoms with Crippen LogP contribution in [0.2, 0.25) is 0 Å². The largest absolute Gasteiger partial charge is 0.497 e. The highest BCUT2D eigenvalue weighted by molar-refractivity contribution is 7.14. The molecular formula is C20H24N4O2S. The molecule has 1 aliphatic heterocycles. The van der Waals surface area contributed by atoms with Gasteiger partial charge in [0.1, 0.15) is 23.3 Å². The summed E-state index contributed by atoms with van der Waals surface area (Å²) in [7, 11) is 1.66. The number of nitrogens with one attached hydrogen (secondary N) is 2. The summed E-state index contributed by atoms with van der Waals surface area (Å²) in [6.07, 6.45) is 1.19. The fourth-order valence-corrected chi connectivity index (χ4v) is 4.00. The Kier molecular flexibility index (Phi) is 5.13. The zero-order valence-electron chi connectivity index (χ0n) is 15.8. The van der Waals surface area contributed by atoms with E-state index in [9.17, 15) is 0 Å². The first-order valence-corrected chi connectivity index (χ1v) is 10.1. The Balaban J connectivity index is 1.76. The topological polar surface area (TPSA) is 68.3 Å². The number of benzene rings is 1. The number of hydrogen-bond donors (Lipinski definition) is 2. The van der Waals surface area contributed by atoms with E-state index in [0.717, 1.165) is 58.4 Å². The second-order valence-electron chi connectivity index (χ2n) is 6.96. The highest BCUT2D eigenvalue weighted by Crippen LogP contribution is 2.34. The zero-order valence-corrected chi connectivity index (χ0v) is 16.6. The zero-order chi connectivity index (χ0) is 18.8. The molecular weight excluding hydrogens is 360 g/mol. The van der Waals surface area contributed by atoms with Gasteiger partial charge in [-0.1, -0.05) is 0 Å². The lowest BCUT2D eigenvalue weighted by Gasteiger charge is -2.16. The quantitative estimate of drug-likeness (QED) is 0.671. The number of aromatic nitrogens is 2. The highest BCUT2D eigenvalue weighted by Gasteiger charge is 2.19. The SMILES string of the molecule is COc1ccc2c(OC3CCNC3)cc(-c3csc(NC(C)C)n3)nc2c1. The summed E-state index contributed by atoms with van der Waals surface area (Å²) in [6.45, 7) is 6.06. The number of hydrogen-bond acceptors (Lipinski definition) is 7. The molecule has 3 aromatic rings. The van der Waals surface area contributed by atoms with Crippen LogP contribution in [0.25, 0.3) is 22.3 Å². The number of methoxy groups -OCH3 is 1. The Morgan fingerprint density at radius 2 is 2.11 bits per heavy atom. The van der Waals surface area contributed by atoms with Crippen LogP contribution in [0.5, 0.6) is 11.5 Å². The van der Waals surface area contributed by atoms with Crippen LogP contribution in [-0.2, 0) is 0 Å². The third-order valence-electron chi connectivity index (χ3n) is 4.47. The van der Waals surface area contributed by atoms with Gasteiger partial charge < -0.3 is 20.1 Å². The van der Waals surface area contributed by atoms with Gasteiger partial charge in [0.2, 0.25) is 0 Å². The van der Waals surface area contributed by atoms with Gasteiger partial charge in [0, 0.05) is 35.5 Å². The van der Waals surface area contributed by atoms with E-state index in [1.807, 2.05) is 29.6 Å². The summed E-state index contributed by atoms with van der Waals surface area (Å²) >= 11 is 1.59. The Bertz CT molecular complexity index is 935. The molecule has 0 spiro atoms. The van der Waals surface area contributed by atoms with Crippen molar-refractivity contribution in [1.82, 2.24) is 15.3 Å². The lowest BCUT2D eigenvalue weighted by Crippen LogP contribution is -2.19. The van der Waals surface area contributed by atoms with Gasteiger partial charge in [-0.25, -0.2) is 9.97 Å². The lowest BCUT2D eigenvalue weighted by molar-refractivity contribution is 0.226. The summed E-state index contributed by atoms with van der Waals surface area (Å²) in [6, 6.07) is 8.23. The molecule has 0 amide bonds. The van der Waals surface area contributed by atoms with Gasteiger partial charge in [-0.3, -0.25) is 0 Å². The fourth-order valence-electron chi connectivity index (χ4n) is 3.14. The number of ether oxygens (including phenoxy) is 2. The standard InChI is InChI=1S/C20H24N4O2S/c1-12(2)22-20-24-18(11-27-20)17-9-19(26-14-6-7-21-10-14)15-5-4-13(25-3)8-16(15)23-17/h4-5,8-9,11-12,14,21H,6-7,10H2,1-3H3,(H,22,24). The molecule has 3 heterocycles. The predicted molar refractivity (Wildman–Crippen MR) is 110 cm³/mol. The van der Waals surface area contributed by atoms with Crippen molar-refractivity contribution in [3.63, 3.8) is 0 Å². The van der Waals surface area contributed by atoms with Crippen LogP contribution in [0.4, 0.5) is 5.13 Å². The predicted octanol–water partition coefficient (Wildman–Crippen LogP) is 3.93. The number of nitrogens with zero attached hydrogens (tertiary/aromatic N) is 2. The number of thiazole rings is 1. The molecule has 0 radical (unpaired) electrons. The first-order valence-electron chi connectivity index (χ1n) is 9.21. The molecule has 2 aromatic heterocycles. The maximum atomic E-state index is 6.31. The molecule has 0 saturated carbocycles. The van der Waals surface area contributed by atoms with Gasteiger partial charge in [0.15, 0.2) is 5.13 Å². The van der Waals surface area contributed by atoms with Gasteiger partial charge in [-0.05, 0) is 38.9 Å². The lowest BCUT2D eigenvalue weighted by atomic mass is 10.1. The Labute approximate surface area is 162 Å². The average molecular weight is 385 g/mol. The van der Waals surface area contributed by atoms with Crippen molar-refractivity contribution >= 4 is 27.4 Å². The second-order valence-corrected chi connectivity index (χ2v) is 7.82. The number of rotatable bonds is 6. The molecule has 1 aliphatic rings. The number of anilines is 1. The smallest absolute Gasteiger partial charge is 0.183 e. The van der Waals surface area contributed by atoms with E-state index in [1.165, 1.54) is 0 Å². The summed E-state index contributed by atoms with van der Waals surface area (Å²) in [5, 5.41) is 10.6. The minimum atomic E-state index is 0.180. The van der Waals surface area contributed by atoms with Crippen LogP contribution >= 0.6 is 11.3 Å². The minimum Gasteiger partial charge on any atom is -0.497 e. The maximum Gasteiger partial charge on any atom is 0.183 e. The van der Waals surface area contributed by atoms with Crippen molar-refractivity contribution in [2.45, 2.75) is 32.4 Å². The van der Waals surface area contributed by atoms with Crippen molar-refractivity contribution in [2.75, 3.05) is 25.5 Å². The van der Waals surface area contributed by atoms with Crippen molar-refractivity contribution in [3.05, 3.63) is 29.6 Å². The van der Waals surface area contributed by atoms with E-state index < -0.39 is 0 Å².